The second-order valence-electron chi connectivity index (χ2n) is 3.58. The van der Waals surface area contributed by atoms with Gasteiger partial charge >= 0.3 is 0 Å². The van der Waals surface area contributed by atoms with E-state index in [0.29, 0.717) is 0 Å². The summed E-state index contributed by atoms with van der Waals surface area (Å²) in [5.74, 6) is 0. The molecule has 0 rings (SSSR count). The molecule has 0 amide bonds. The predicted molar refractivity (Wildman–Crippen MR) is 46.3 cm³/mol. The minimum atomic E-state index is 0.198. The minimum Gasteiger partial charge on any atom is -0.301 e. The van der Waals surface area contributed by atoms with E-state index in [1.54, 1.807) is 0 Å². The van der Waals surface area contributed by atoms with Gasteiger partial charge in [-0.25, -0.2) is 0 Å². The molecule has 10 heavy (non-hydrogen) atoms. The third-order valence-electron chi connectivity index (χ3n) is 1.10. The van der Waals surface area contributed by atoms with Gasteiger partial charge in [-0.3, -0.25) is 0 Å². The van der Waals surface area contributed by atoms with Crippen LogP contribution in [0.3, 0.4) is 0 Å². The topological polar surface area (TPSA) is 15.6 Å². The highest BCUT2D eigenvalue weighted by Crippen LogP contribution is 2.08. The number of nitrogens with zero attached hydrogens (tertiary/aromatic N) is 2. The van der Waals surface area contributed by atoms with Crippen LogP contribution in [-0.4, -0.2) is 24.8 Å². The number of hydrazone groups is 1. The van der Waals surface area contributed by atoms with Crippen LogP contribution in [0.25, 0.3) is 0 Å². The standard InChI is InChI=1S/C8H18N2/c1-6-10(5)9-7-8(2,3)4/h7H,6H2,1-5H3/b9-7+. The van der Waals surface area contributed by atoms with E-state index in [4.69, 9.17) is 0 Å². The van der Waals surface area contributed by atoms with Gasteiger partial charge in [0.15, 0.2) is 0 Å². The fourth-order valence-corrected chi connectivity index (χ4v) is 0.353. The molecule has 0 aliphatic carbocycles. The summed E-state index contributed by atoms with van der Waals surface area (Å²) in [7, 11) is 1.97. The number of hydrogen-bond donors (Lipinski definition) is 0. The van der Waals surface area contributed by atoms with Gasteiger partial charge in [-0.2, -0.15) is 5.10 Å². The highest BCUT2D eigenvalue weighted by molar-refractivity contribution is 5.63. The molecule has 2 nitrogen and oxygen atoms in total. The van der Waals surface area contributed by atoms with Gasteiger partial charge in [-0.05, 0) is 12.3 Å². The second-order valence-corrected chi connectivity index (χ2v) is 3.58. The first kappa shape index (κ1) is 9.47. The molecule has 0 aromatic heterocycles. The Bertz CT molecular complexity index is 111. The summed E-state index contributed by atoms with van der Waals surface area (Å²) in [6, 6.07) is 0. The highest BCUT2D eigenvalue weighted by atomic mass is 15.4. The zero-order valence-electron chi connectivity index (χ0n) is 7.68. The van der Waals surface area contributed by atoms with Crippen LogP contribution in [-0.2, 0) is 0 Å². The molecule has 60 valence electrons. The van der Waals surface area contributed by atoms with Gasteiger partial charge in [0.1, 0.15) is 0 Å². The van der Waals surface area contributed by atoms with Crippen LogP contribution in [0.4, 0.5) is 0 Å². The molecule has 0 bridgehead atoms. The third-order valence-corrected chi connectivity index (χ3v) is 1.10. The summed E-state index contributed by atoms with van der Waals surface area (Å²) in [5, 5.41) is 6.14. The van der Waals surface area contributed by atoms with Crippen molar-refractivity contribution >= 4 is 6.21 Å². The normalized spacial score (nSPS) is 12.5. The minimum absolute atomic E-state index is 0.198. The van der Waals surface area contributed by atoms with Crippen molar-refractivity contribution in [3.05, 3.63) is 0 Å². The van der Waals surface area contributed by atoms with Crippen LogP contribution in [0.5, 0.6) is 0 Å². The Kier molecular flexibility index (Phi) is 3.40. The van der Waals surface area contributed by atoms with E-state index in [1.807, 2.05) is 18.3 Å². The number of hydrogen-bond acceptors (Lipinski definition) is 2. The van der Waals surface area contributed by atoms with Crippen LogP contribution in [0.1, 0.15) is 27.7 Å². The molecule has 0 aromatic carbocycles. The van der Waals surface area contributed by atoms with Crippen LogP contribution < -0.4 is 0 Å². The van der Waals surface area contributed by atoms with Gasteiger partial charge in [0.25, 0.3) is 0 Å². The predicted octanol–water partition coefficient (Wildman–Crippen LogP) is 1.97. The lowest BCUT2D eigenvalue weighted by molar-refractivity contribution is 0.371. The zero-order chi connectivity index (χ0) is 8.20. The second kappa shape index (κ2) is 3.59. The van der Waals surface area contributed by atoms with Crippen molar-refractivity contribution in [1.82, 2.24) is 5.01 Å². The van der Waals surface area contributed by atoms with Crippen molar-refractivity contribution in [3.8, 4) is 0 Å². The smallest absolute Gasteiger partial charge is 0.0328 e. The molecular weight excluding hydrogens is 124 g/mol. The molecule has 0 atom stereocenters. The Morgan fingerprint density at radius 1 is 1.40 bits per heavy atom. The van der Waals surface area contributed by atoms with Gasteiger partial charge < -0.3 is 5.01 Å². The quantitative estimate of drug-likeness (QED) is 0.425. The first-order valence-corrected chi connectivity index (χ1v) is 3.72. The summed E-state index contributed by atoms with van der Waals surface area (Å²) in [4.78, 5) is 0. The molecule has 0 aliphatic rings. The van der Waals surface area contributed by atoms with Gasteiger partial charge in [-0.15, -0.1) is 0 Å². The van der Waals surface area contributed by atoms with E-state index in [2.05, 4.69) is 32.8 Å². The molecule has 0 radical (unpaired) electrons. The molecule has 0 heterocycles. The Morgan fingerprint density at radius 2 is 1.90 bits per heavy atom. The van der Waals surface area contributed by atoms with E-state index >= 15 is 0 Å². The average Bonchev–Trinajstić information content (AvgIpc) is 1.81. The van der Waals surface area contributed by atoms with Crippen molar-refractivity contribution in [2.45, 2.75) is 27.7 Å². The van der Waals surface area contributed by atoms with Gasteiger partial charge in [0.2, 0.25) is 0 Å². The maximum atomic E-state index is 4.22. The van der Waals surface area contributed by atoms with Gasteiger partial charge in [0, 0.05) is 19.8 Å². The molecule has 0 unspecified atom stereocenters. The van der Waals surface area contributed by atoms with Crippen molar-refractivity contribution in [2.24, 2.45) is 10.5 Å². The van der Waals surface area contributed by atoms with E-state index in [0.717, 1.165) is 6.54 Å². The largest absolute Gasteiger partial charge is 0.301 e. The highest BCUT2D eigenvalue weighted by Gasteiger charge is 2.04. The maximum absolute atomic E-state index is 4.22. The Balaban J connectivity index is 3.75. The fourth-order valence-electron chi connectivity index (χ4n) is 0.353. The Labute approximate surface area is 63.9 Å². The van der Waals surface area contributed by atoms with Crippen molar-refractivity contribution < 1.29 is 0 Å². The van der Waals surface area contributed by atoms with Crippen molar-refractivity contribution in [3.63, 3.8) is 0 Å². The summed E-state index contributed by atoms with van der Waals surface area (Å²) in [6.07, 6.45) is 1.97. The van der Waals surface area contributed by atoms with Gasteiger partial charge in [-0.1, -0.05) is 20.8 Å². The van der Waals surface area contributed by atoms with Crippen molar-refractivity contribution in [1.29, 1.82) is 0 Å². The monoisotopic (exact) mass is 142 g/mol. The molecule has 0 aromatic rings. The zero-order valence-corrected chi connectivity index (χ0v) is 7.68. The van der Waals surface area contributed by atoms with E-state index in [1.165, 1.54) is 0 Å². The summed E-state index contributed by atoms with van der Waals surface area (Å²) < 4.78 is 0. The first-order chi connectivity index (χ1) is 4.45. The molecule has 0 aliphatic heterocycles. The van der Waals surface area contributed by atoms with Gasteiger partial charge in [0.05, 0.1) is 0 Å². The fraction of sp³-hybridized carbons (Fsp3) is 0.875. The molecule has 0 spiro atoms. The summed E-state index contributed by atoms with van der Waals surface area (Å²) >= 11 is 0. The van der Waals surface area contributed by atoms with Crippen LogP contribution in [0.15, 0.2) is 5.10 Å². The Morgan fingerprint density at radius 3 is 2.20 bits per heavy atom. The average molecular weight is 142 g/mol. The van der Waals surface area contributed by atoms with E-state index in [9.17, 15) is 0 Å². The summed E-state index contributed by atoms with van der Waals surface area (Å²) in [5.41, 5.74) is 0.198. The lowest BCUT2D eigenvalue weighted by atomic mass is 9.99. The lowest BCUT2D eigenvalue weighted by Crippen LogP contribution is -2.14. The molecule has 2 heteroatoms. The van der Waals surface area contributed by atoms with Crippen LogP contribution >= 0.6 is 0 Å². The molecule has 0 saturated heterocycles. The third kappa shape index (κ3) is 5.60. The van der Waals surface area contributed by atoms with Crippen molar-refractivity contribution in [2.75, 3.05) is 13.6 Å². The maximum Gasteiger partial charge on any atom is 0.0328 e. The SMILES string of the molecule is CCN(C)/N=C/C(C)(C)C. The molecule has 0 fully saturated rings. The summed E-state index contributed by atoms with van der Waals surface area (Å²) in [6.45, 7) is 9.46. The molecule has 0 N–H and O–H groups in total. The van der Waals surface area contributed by atoms with E-state index < -0.39 is 0 Å². The number of rotatable bonds is 2. The lowest BCUT2D eigenvalue weighted by Gasteiger charge is -2.14. The molecule has 0 saturated carbocycles. The van der Waals surface area contributed by atoms with Crippen LogP contribution in [0.2, 0.25) is 0 Å². The Hall–Kier alpha value is -0.530. The molecular formula is C8H18N2. The first-order valence-electron chi connectivity index (χ1n) is 3.72. The van der Waals surface area contributed by atoms with Crippen LogP contribution in [0, 0.1) is 5.41 Å². The van der Waals surface area contributed by atoms with E-state index in [-0.39, 0.29) is 5.41 Å².